The molecule has 0 saturated heterocycles. The molecule has 0 radical (unpaired) electrons. The third-order valence-electron chi connectivity index (χ3n) is 11.8. The maximum Gasteiger partial charge on any atom is 0.418 e. The zero-order valence-electron chi connectivity index (χ0n) is 38.5. The Balaban J connectivity index is 1.24. The molecular weight excluding hydrogens is 813 g/mol. The van der Waals surface area contributed by atoms with Crippen molar-refractivity contribution in [2.24, 2.45) is 0 Å². The summed E-state index contributed by atoms with van der Waals surface area (Å²) in [7, 11) is 0. The summed E-state index contributed by atoms with van der Waals surface area (Å²) in [6, 6.07) is 30.3. The standard InChI is InChI=1S/C55H54F4N2O3/c1-51(2,3)35-17-13-31(14-18-35)45-27-41-43(55(57,58)59)29-60-47(49(41)63-45)33-21-37(53(7,8)9)25-39(23-33)62-40-24-34(22-38(26-40)54(10,11)12)48-50-42(44(56)30-61-48)28-46(64-50)32-15-19-36(20-16-32)52(4,5)6/h13-30H,1-12H3. The number of hydrogen-bond donors (Lipinski definition) is 0. The monoisotopic (exact) mass is 866 g/mol. The second kappa shape index (κ2) is 15.5. The minimum atomic E-state index is -4.67. The van der Waals surface area contributed by atoms with Gasteiger partial charge in [-0.2, -0.15) is 13.2 Å². The third-order valence-corrected chi connectivity index (χ3v) is 11.8. The highest BCUT2D eigenvalue weighted by Crippen LogP contribution is 2.44. The van der Waals surface area contributed by atoms with Crippen molar-refractivity contribution < 1.29 is 31.1 Å². The third kappa shape index (κ3) is 8.82. The fourth-order valence-electron chi connectivity index (χ4n) is 7.80. The van der Waals surface area contributed by atoms with Crippen molar-refractivity contribution in [3.8, 4) is 56.7 Å². The molecule has 0 aliphatic heterocycles. The lowest BCUT2D eigenvalue weighted by Crippen LogP contribution is -2.12. The molecule has 5 nitrogen and oxygen atoms in total. The van der Waals surface area contributed by atoms with E-state index >= 15 is 4.39 Å². The lowest BCUT2D eigenvalue weighted by molar-refractivity contribution is -0.136. The molecule has 330 valence electrons. The Morgan fingerprint density at radius 2 is 0.828 bits per heavy atom. The van der Waals surface area contributed by atoms with Gasteiger partial charge in [-0.05, 0) is 92.4 Å². The molecule has 0 fully saturated rings. The number of rotatable bonds is 6. The van der Waals surface area contributed by atoms with Gasteiger partial charge in [-0.15, -0.1) is 0 Å². The van der Waals surface area contributed by atoms with E-state index in [1.54, 1.807) is 12.1 Å². The van der Waals surface area contributed by atoms with Gasteiger partial charge in [-0.3, -0.25) is 4.98 Å². The van der Waals surface area contributed by atoms with Crippen LogP contribution in [0.25, 0.3) is 67.1 Å². The molecule has 0 bridgehead atoms. The smallest absolute Gasteiger partial charge is 0.418 e. The Bertz CT molecular complexity index is 3040. The van der Waals surface area contributed by atoms with Crippen molar-refractivity contribution in [1.29, 1.82) is 0 Å². The van der Waals surface area contributed by atoms with Crippen LogP contribution in [0.4, 0.5) is 17.6 Å². The summed E-state index contributed by atoms with van der Waals surface area (Å²) in [6.45, 7) is 25.2. The molecule has 4 aromatic heterocycles. The van der Waals surface area contributed by atoms with E-state index in [-0.39, 0.29) is 32.9 Å². The summed E-state index contributed by atoms with van der Waals surface area (Å²) in [4.78, 5) is 9.00. The first-order valence-corrected chi connectivity index (χ1v) is 21.5. The summed E-state index contributed by atoms with van der Waals surface area (Å²) in [5.74, 6) is 1.24. The van der Waals surface area contributed by atoms with Gasteiger partial charge in [0.25, 0.3) is 0 Å². The van der Waals surface area contributed by atoms with Gasteiger partial charge in [0.05, 0.1) is 17.1 Å². The van der Waals surface area contributed by atoms with Crippen molar-refractivity contribution in [2.45, 2.75) is 111 Å². The lowest BCUT2D eigenvalue weighted by atomic mass is 9.85. The van der Waals surface area contributed by atoms with Gasteiger partial charge in [-0.1, -0.05) is 132 Å². The van der Waals surface area contributed by atoms with Crippen molar-refractivity contribution in [3.63, 3.8) is 0 Å². The fourth-order valence-corrected chi connectivity index (χ4v) is 7.80. The van der Waals surface area contributed by atoms with Gasteiger partial charge in [0.1, 0.15) is 34.4 Å². The van der Waals surface area contributed by atoms with Crippen LogP contribution in [0.5, 0.6) is 11.5 Å². The second-order valence-electron chi connectivity index (χ2n) is 20.9. The molecule has 64 heavy (non-hydrogen) atoms. The van der Waals surface area contributed by atoms with E-state index in [1.165, 1.54) is 17.8 Å². The van der Waals surface area contributed by atoms with Crippen LogP contribution in [0.3, 0.4) is 0 Å². The van der Waals surface area contributed by atoms with E-state index in [4.69, 9.17) is 13.6 Å². The number of hydrogen-bond acceptors (Lipinski definition) is 5. The molecule has 0 amide bonds. The van der Waals surface area contributed by atoms with E-state index < -0.39 is 23.0 Å². The van der Waals surface area contributed by atoms with Gasteiger partial charge < -0.3 is 13.6 Å². The SMILES string of the molecule is CC(C)(C)c1ccc(-c2cc3c(F)cnc(-c4cc(Oc5cc(-c6ncc(C(F)(F)F)c7cc(-c8ccc(C(C)(C)C)cc8)oc67)cc(C(C)(C)C)c5)cc(C(C)(C)C)c4)c3o2)cc1. The molecule has 4 heterocycles. The number of halogens is 4. The molecule has 9 heteroatoms. The van der Waals surface area contributed by atoms with Gasteiger partial charge in [0.2, 0.25) is 0 Å². The maximum absolute atomic E-state index is 15.5. The molecule has 0 saturated carbocycles. The van der Waals surface area contributed by atoms with E-state index in [0.29, 0.717) is 56.4 Å². The topological polar surface area (TPSA) is 61.3 Å². The largest absolute Gasteiger partial charge is 0.457 e. The van der Waals surface area contributed by atoms with E-state index in [2.05, 4.69) is 105 Å². The van der Waals surface area contributed by atoms with Crippen molar-refractivity contribution >= 4 is 21.9 Å². The van der Waals surface area contributed by atoms with Crippen LogP contribution in [0.2, 0.25) is 0 Å². The Morgan fingerprint density at radius 1 is 0.438 bits per heavy atom. The van der Waals surface area contributed by atoms with Crippen molar-refractivity contribution in [1.82, 2.24) is 9.97 Å². The van der Waals surface area contributed by atoms with Crippen LogP contribution >= 0.6 is 0 Å². The zero-order valence-corrected chi connectivity index (χ0v) is 38.5. The highest BCUT2D eigenvalue weighted by atomic mass is 19.4. The summed E-state index contributed by atoms with van der Waals surface area (Å²) >= 11 is 0. The first kappa shape index (κ1) is 44.4. The van der Waals surface area contributed by atoms with Crippen molar-refractivity contribution in [3.05, 3.63) is 143 Å². The molecular formula is C55H54F4N2O3. The summed E-state index contributed by atoms with van der Waals surface area (Å²) in [5, 5.41) is 0.226. The zero-order chi connectivity index (χ0) is 46.3. The predicted octanol–water partition coefficient (Wildman–Crippen LogP) is 16.8. The molecule has 0 unspecified atom stereocenters. The normalized spacial score (nSPS) is 13.0. The van der Waals surface area contributed by atoms with Crippen LogP contribution in [0, 0.1) is 5.82 Å². The first-order chi connectivity index (χ1) is 29.7. The number of pyridine rings is 2. The van der Waals surface area contributed by atoms with Crippen molar-refractivity contribution in [2.75, 3.05) is 0 Å². The first-order valence-electron chi connectivity index (χ1n) is 21.5. The maximum atomic E-state index is 15.5. The Morgan fingerprint density at radius 3 is 1.23 bits per heavy atom. The predicted molar refractivity (Wildman–Crippen MR) is 250 cm³/mol. The number of aromatic nitrogens is 2. The number of furan rings is 2. The molecule has 0 aliphatic carbocycles. The number of nitrogens with zero attached hydrogens (tertiary/aromatic N) is 2. The van der Waals surface area contributed by atoms with Gasteiger partial charge in [0, 0.05) is 33.8 Å². The Labute approximate surface area is 372 Å². The molecule has 0 aliphatic rings. The minimum Gasteiger partial charge on any atom is -0.457 e. The summed E-state index contributed by atoms with van der Waals surface area (Å²) < 4.78 is 78.7. The lowest BCUT2D eigenvalue weighted by Gasteiger charge is -2.23. The van der Waals surface area contributed by atoms with E-state index in [1.807, 2.05) is 66.7 Å². The molecule has 8 aromatic rings. The summed E-state index contributed by atoms with van der Waals surface area (Å²) in [6.07, 6.45) is -2.58. The molecule has 0 spiro atoms. The number of fused-ring (bicyclic) bond motifs is 2. The summed E-state index contributed by atoms with van der Waals surface area (Å²) in [5.41, 5.74) is 6.00. The average molecular weight is 867 g/mol. The van der Waals surface area contributed by atoms with E-state index in [9.17, 15) is 13.2 Å². The van der Waals surface area contributed by atoms with Crippen LogP contribution in [0.1, 0.15) is 111 Å². The van der Waals surface area contributed by atoms with Gasteiger partial charge in [0.15, 0.2) is 17.0 Å². The number of ether oxygens (including phenoxy) is 1. The molecule has 8 rings (SSSR count). The van der Waals surface area contributed by atoms with E-state index in [0.717, 1.165) is 28.5 Å². The fraction of sp³-hybridized carbons (Fsp3) is 0.309. The number of alkyl halides is 3. The highest BCUT2D eigenvalue weighted by molar-refractivity contribution is 5.96. The number of benzene rings is 4. The molecule has 0 atom stereocenters. The quantitative estimate of drug-likeness (QED) is 0.156. The minimum absolute atomic E-state index is 0.0214. The molecule has 4 aromatic carbocycles. The van der Waals surface area contributed by atoms with Crippen LogP contribution in [-0.4, -0.2) is 9.97 Å². The molecule has 0 N–H and O–H groups in total. The average Bonchev–Trinajstić information content (AvgIpc) is 3.86. The Kier molecular flexibility index (Phi) is 10.7. The van der Waals surface area contributed by atoms with Gasteiger partial charge in [-0.25, -0.2) is 9.37 Å². The van der Waals surface area contributed by atoms with Crippen LogP contribution in [0.15, 0.2) is 118 Å². The second-order valence-corrected chi connectivity index (χ2v) is 20.9. The van der Waals surface area contributed by atoms with Gasteiger partial charge >= 0.3 is 6.18 Å². The Hall–Kier alpha value is -6.22. The van der Waals surface area contributed by atoms with Crippen LogP contribution in [-0.2, 0) is 27.8 Å². The highest BCUT2D eigenvalue weighted by Gasteiger charge is 2.35. The van der Waals surface area contributed by atoms with Crippen LogP contribution < -0.4 is 4.74 Å².